The second-order valence-corrected chi connectivity index (χ2v) is 4.90. The van der Waals surface area contributed by atoms with Crippen molar-refractivity contribution in [1.82, 2.24) is 4.98 Å². The predicted octanol–water partition coefficient (Wildman–Crippen LogP) is 3.20. The number of hydrogen-bond acceptors (Lipinski definition) is 3. The molecule has 0 saturated heterocycles. The fourth-order valence-corrected chi connectivity index (χ4v) is 2.20. The minimum atomic E-state index is -0.893. The monoisotopic (exact) mass is 285 g/mol. The van der Waals surface area contributed by atoms with Gasteiger partial charge in [-0.15, -0.1) is 0 Å². The van der Waals surface area contributed by atoms with Gasteiger partial charge in [-0.3, -0.25) is 9.78 Å². The number of rotatable bonds is 6. The van der Waals surface area contributed by atoms with Crippen molar-refractivity contribution in [1.29, 1.82) is 0 Å². The lowest BCUT2D eigenvalue weighted by atomic mass is 9.94. The summed E-state index contributed by atoms with van der Waals surface area (Å²) in [6.07, 6.45) is 2.00. The number of hydrogen-bond donors (Lipinski definition) is 1. The van der Waals surface area contributed by atoms with Crippen LogP contribution in [0.4, 0.5) is 0 Å². The minimum absolute atomic E-state index is 0.396. The molecule has 0 radical (unpaired) electrons. The molecule has 21 heavy (non-hydrogen) atoms. The third-order valence-corrected chi connectivity index (χ3v) is 3.29. The smallest absolute Gasteiger partial charge is 0.313 e. The van der Waals surface area contributed by atoms with Crippen LogP contribution in [0.15, 0.2) is 42.6 Å². The Bertz CT molecular complexity index is 608. The summed E-state index contributed by atoms with van der Waals surface area (Å²) in [5, 5.41) is 9.54. The zero-order chi connectivity index (χ0) is 15.2. The molecule has 4 heteroatoms. The highest BCUT2D eigenvalue weighted by Crippen LogP contribution is 2.28. The molecule has 110 valence electrons. The number of carboxylic acid groups (broad SMARTS) is 1. The average Bonchev–Trinajstić information content (AvgIpc) is 2.47. The van der Waals surface area contributed by atoms with E-state index in [2.05, 4.69) is 4.98 Å². The molecule has 0 spiro atoms. The highest BCUT2D eigenvalue weighted by atomic mass is 16.5. The Morgan fingerprint density at radius 1 is 1.29 bits per heavy atom. The minimum Gasteiger partial charge on any atom is -0.492 e. The fraction of sp³-hybridized carbons (Fsp3) is 0.294. The topological polar surface area (TPSA) is 59.4 Å². The summed E-state index contributed by atoms with van der Waals surface area (Å²) in [4.78, 5) is 15.9. The number of aliphatic carboxylic acids is 1. The summed E-state index contributed by atoms with van der Waals surface area (Å²) in [6.45, 7) is 4.35. The van der Waals surface area contributed by atoms with Crippen molar-refractivity contribution in [2.24, 2.45) is 0 Å². The summed E-state index contributed by atoms with van der Waals surface area (Å²) >= 11 is 0. The molecule has 2 rings (SSSR count). The summed E-state index contributed by atoms with van der Waals surface area (Å²) in [7, 11) is 0. The molecule has 1 N–H and O–H groups in total. The van der Waals surface area contributed by atoms with Gasteiger partial charge < -0.3 is 9.84 Å². The number of benzene rings is 1. The molecule has 1 heterocycles. The molecule has 0 aliphatic rings. The Kier molecular flexibility index (Phi) is 4.93. The number of ether oxygens (including phenoxy) is 1. The lowest BCUT2D eigenvalue weighted by Crippen LogP contribution is -2.17. The molecule has 0 fully saturated rings. The molecule has 0 aliphatic carbocycles. The molecule has 0 saturated carbocycles. The summed E-state index contributed by atoms with van der Waals surface area (Å²) < 4.78 is 5.50. The van der Waals surface area contributed by atoms with Gasteiger partial charge in [0.2, 0.25) is 0 Å². The normalized spacial score (nSPS) is 11.9. The molecule has 2 aromatic rings. The van der Waals surface area contributed by atoms with Crippen LogP contribution in [0.1, 0.15) is 29.7 Å². The van der Waals surface area contributed by atoms with Crippen LogP contribution < -0.4 is 4.74 Å². The second kappa shape index (κ2) is 6.88. The third-order valence-electron chi connectivity index (χ3n) is 3.29. The van der Waals surface area contributed by atoms with Gasteiger partial charge in [0.05, 0.1) is 12.3 Å². The van der Waals surface area contributed by atoms with E-state index in [1.807, 2.05) is 38.1 Å². The maximum absolute atomic E-state index is 11.6. The van der Waals surface area contributed by atoms with Crippen molar-refractivity contribution in [3.05, 3.63) is 59.4 Å². The standard InChI is InChI=1S/C17H19NO3/c1-3-21-15-5-4-10-18-16(15)14(17(19)20)11-13-8-6-12(2)7-9-13/h4-10,14H,3,11H2,1-2H3,(H,19,20). The molecular weight excluding hydrogens is 266 g/mol. The fourth-order valence-electron chi connectivity index (χ4n) is 2.20. The van der Waals surface area contributed by atoms with Crippen LogP contribution >= 0.6 is 0 Å². The van der Waals surface area contributed by atoms with Crippen molar-refractivity contribution in [3.63, 3.8) is 0 Å². The van der Waals surface area contributed by atoms with E-state index in [-0.39, 0.29) is 0 Å². The molecule has 1 unspecified atom stereocenters. The number of pyridine rings is 1. The molecule has 0 aliphatic heterocycles. The van der Waals surface area contributed by atoms with E-state index in [4.69, 9.17) is 4.74 Å². The molecule has 0 bridgehead atoms. The highest BCUT2D eigenvalue weighted by molar-refractivity contribution is 5.76. The van der Waals surface area contributed by atoms with E-state index in [0.717, 1.165) is 11.1 Å². The largest absolute Gasteiger partial charge is 0.492 e. The van der Waals surface area contributed by atoms with Crippen LogP contribution in [-0.2, 0) is 11.2 Å². The Morgan fingerprint density at radius 2 is 2.00 bits per heavy atom. The lowest BCUT2D eigenvalue weighted by Gasteiger charge is -2.16. The van der Waals surface area contributed by atoms with Gasteiger partial charge in [-0.2, -0.15) is 0 Å². The summed E-state index contributed by atoms with van der Waals surface area (Å²) in [6, 6.07) is 11.4. The van der Waals surface area contributed by atoms with Crippen molar-refractivity contribution in [3.8, 4) is 5.75 Å². The first-order valence-corrected chi connectivity index (χ1v) is 6.98. The van der Waals surface area contributed by atoms with Gasteiger partial charge >= 0.3 is 5.97 Å². The summed E-state index contributed by atoms with van der Waals surface area (Å²) in [5.41, 5.74) is 2.60. The number of carbonyl (C=O) groups is 1. The van der Waals surface area contributed by atoms with E-state index in [1.165, 1.54) is 0 Å². The zero-order valence-electron chi connectivity index (χ0n) is 12.2. The Hall–Kier alpha value is -2.36. The van der Waals surface area contributed by atoms with E-state index in [0.29, 0.717) is 24.5 Å². The Labute approximate surface area is 124 Å². The SMILES string of the molecule is CCOc1cccnc1C(Cc1ccc(C)cc1)C(=O)O. The zero-order valence-corrected chi connectivity index (χ0v) is 12.2. The van der Waals surface area contributed by atoms with Gasteiger partial charge in [-0.05, 0) is 38.0 Å². The van der Waals surface area contributed by atoms with Crippen LogP contribution in [0.25, 0.3) is 0 Å². The quantitative estimate of drug-likeness (QED) is 0.885. The van der Waals surface area contributed by atoms with Gasteiger partial charge in [0.25, 0.3) is 0 Å². The van der Waals surface area contributed by atoms with E-state index < -0.39 is 11.9 Å². The van der Waals surface area contributed by atoms with E-state index in [9.17, 15) is 9.90 Å². The number of aromatic nitrogens is 1. The molecule has 4 nitrogen and oxygen atoms in total. The van der Waals surface area contributed by atoms with Gasteiger partial charge in [-0.25, -0.2) is 0 Å². The summed E-state index contributed by atoms with van der Waals surface area (Å²) in [5.74, 6) is -1.06. The highest BCUT2D eigenvalue weighted by Gasteiger charge is 2.25. The molecule has 0 amide bonds. The lowest BCUT2D eigenvalue weighted by molar-refractivity contribution is -0.138. The van der Waals surface area contributed by atoms with Crippen molar-refractivity contribution < 1.29 is 14.6 Å². The van der Waals surface area contributed by atoms with Gasteiger partial charge in [0.1, 0.15) is 11.7 Å². The number of carboxylic acids is 1. The first-order valence-electron chi connectivity index (χ1n) is 6.98. The van der Waals surface area contributed by atoms with Gasteiger partial charge in [-0.1, -0.05) is 29.8 Å². The molecule has 1 aromatic carbocycles. The molecular formula is C17H19NO3. The van der Waals surface area contributed by atoms with Gasteiger partial charge in [0.15, 0.2) is 0 Å². The van der Waals surface area contributed by atoms with Crippen LogP contribution in [0.3, 0.4) is 0 Å². The van der Waals surface area contributed by atoms with Gasteiger partial charge in [0, 0.05) is 6.20 Å². The van der Waals surface area contributed by atoms with Crippen LogP contribution in [0.2, 0.25) is 0 Å². The van der Waals surface area contributed by atoms with Crippen molar-refractivity contribution in [2.45, 2.75) is 26.2 Å². The Morgan fingerprint density at radius 3 is 2.62 bits per heavy atom. The first-order chi connectivity index (χ1) is 10.1. The van der Waals surface area contributed by atoms with Crippen LogP contribution in [0.5, 0.6) is 5.75 Å². The maximum atomic E-state index is 11.6. The van der Waals surface area contributed by atoms with E-state index in [1.54, 1.807) is 18.3 Å². The van der Waals surface area contributed by atoms with Crippen molar-refractivity contribution >= 4 is 5.97 Å². The second-order valence-electron chi connectivity index (χ2n) is 4.90. The third kappa shape index (κ3) is 3.81. The number of nitrogens with zero attached hydrogens (tertiary/aromatic N) is 1. The van der Waals surface area contributed by atoms with Crippen LogP contribution in [0, 0.1) is 6.92 Å². The van der Waals surface area contributed by atoms with Crippen LogP contribution in [-0.4, -0.2) is 22.7 Å². The number of aryl methyl sites for hydroxylation is 1. The maximum Gasteiger partial charge on any atom is 0.313 e. The van der Waals surface area contributed by atoms with E-state index >= 15 is 0 Å². The molecule has 1 aromatic heterocycles. The predicted molar refractivity (Wildman–Crippen MR) is 80.7 cm³/mol. The molecule has 1 atom stereocenters. The first kappa shape index (κ1) is 15.0. The van der Waals surface area contributed by atoms with Crippen molar-refractivity contribution in [2.75, 3.05) is 6.61 Å². The average molecular weight is 285 g/mol. The Balaban J connectivity index is 2.31.